The number of aliphatic hydroxyl groups is 1. The van der Waals surface area contributed by atoms with E-state index in [1.165, 1.54) is 6.20 Å². The van der Waals surface area contributed by atoms with Crippen molar-refractivity contribution >= 4 is 11.6 Å². The summed E-state index contributed by atoms with van der Waals surface area (Å²) in [4.78, 5) is 20.3. The number of carbonyl (C=O) groups excluding carboxylic acids is 1. The lowest BCUT2D eigenvalue weighted by molar-refractivity contribution is -0.141. The predicted molar refractivity (Wildman–Crippen MR) is 107 cm³/mol. The maximum Gasteiger partial charge on any atom is 0.434 e. The highest BCUT2D eigenvalue weighted by molar-refractivity contribution is 5.98. The number of hydrogen-bond donors (Lipinski definition) is 2. The third-order valence-corrected chi connectivity index (χ3v) is 5.98. The van der Waals surface area contributed by atoms with E-state index < -0.39 is 18.0 Å². The highest BCUT2D eigenvalue weighted by Gasteiger charge is 2.36. The summed E-state index contributed by atoms with van der Waals surface area (Å²) in [5.74, 6) is -0.484. The minimum absolute atomic E-state index is 0.00702. The van der Waals surface area contributed by atoms with Crippen molar-refractivity contribution in [1.29, 1.82) is 0 Å². The minimum Gasteiger partial charge on any atom is -0.393 e. The Balaban J connectivity index is 1.80. The summed E-state index contributed by atoms with van der Waals surface area (Å²) in [6.45, 7) is 3.83. The van der Waals surface area contributed by atoms with Crippen LogP contribution in [0.25, 0.3) is 0 Å². The second-order valence-corrected chi connectivity index (χ2v) is 8.09. The zero-order valence-corrected chi connectivity index (χ0v) is 16.9. The predicted octanol–water partition coefficient (Wildman–Crippen LogP) is 4.59. The maximum absolute atomic E-state index is 13.0. The Morgan fingerprint density at radius 1 is 1.13 bits per heavy atom. The van der Waals surface area contributed by atoms with Gasteiger partial charge in [0.25, 0.3) is 0 Å². The van der Waals surface area contributed by atoms with Crippen LogP contribution >= 0.6 is 0 Å². The summed E-state index contributed by atoms with van der Waals surface area (Å²) >= 11 is 0. The molecule has 0 saturated heterocycles. The Labute approximate surface area is 173 Å². The highest BCUT2D eigenvalue weighted by atomic mass is 19.4. The Morgan fingerprint density at radius 2 is 1.83 bits per heavy atom. The molecule has 0 bridgehead atoms. The lowest BCUT2D eigenvalue weighted by Crippen LogP contribution is -2.41. The molecule has 1 saturated carbocycles. The van der Waals surface area contributed by atoms with Crippen LogP contribution in [-0.2, 0) is 6.18 Å². The van der Waals surface area contributed by atoms with Gasteiger partial charge >= 0.3 is 6.18 Å². The summed E-state index contributed by atoms with van der Waals surface area (Å²) in [6, 6.07) is 8.68. The molecule has 5 atom stereocenters. The van der Waals surface area contributed by atoms with Gasteiger partial charge in [-0.3, -0.25) is 9.78 Å². The van der Waals surface area contributed by atoms with Crippen LogP contribution in [0, 0.1) is 17.8 Å². The number of halogens is 3. The Kier molecular flexibility index (Phi) is 6.75. The fourth-order valence-electron chi connectivity index (χ4n) is 4.10. The molecule has 1 aliphatic carbocycles. The second-order valence-electron chi connectivity index (χ2n) is 8.09. The molecule has 1 aromatic heterocycles. The van der Waals surface area contributed by atoms with Gasteiger partial charge in [-0.25, -0.2) is 4.98 Å². The molecule has 0 amide bonds. The van der Waals surface area contributed by atoms with Crippen LogP contribution in [0.1, 0.15) is 49.2 Å². The van der Waals surface area contributed by atoms with Gasteiger partial charge in [-0.05, 0) is 25.2 Å². The summed E-state index contributed by atoms with van der Waals surface area (Å²) in [5.41, 5.74) is -0.442. The molecule has 2 unspecified atom stereocenters. The molecule has 3 rings (SSSR count). The number of aliphatic hydroxyl groups excluding tert-OH is 1. The first-order valence-electron chi connectivity index (χ1n) is 10.1. The minimum atomic E-state index is -4.59. The molecule has 1 aromatic carbocycles. The molecule has 162 valence electrons. The number of ketones is 1. The monoisotopic (exact) mass is 421 g/mol. The standard InChI is InChI=1S/C22H26F3N3O2/c1-13-10-17(27-20-12-26-11-19(28-20)22(23,24)25)14(2)18(29)9-8-16(13)21(30)15-6-4-3-5-7-15/h3-7,11-14,16-18,29H,8-10H2,1-2H3,(H,27,28)/t13?,14-,16?,17+,18+/m1/s1. The quantitative estimate of drug-likeness (QED) is 0.706. The van der Waals surface area contributed by atoms with E-state index in [-0.39, 0.29) is 35.4 Å². The number of carbonyl (C=O) groups is 1. The van der Waals surface area contributed by atoms with Gasteiger partial charge in [-0.2, -0.15) is 13.2 Å². The zero-order valence-electron chi connectivity index (χ0n) is 16.9. The van der Waals surface area contributed by atoms with Gasteiger partial charge in [0, 0.05) is 23.4 Å². The van der Waals surface area contributed by atoms with Crippen LogP contribution in [0.2, 0.25) is 0 Å². The molecule has 0 radical (unpaired) electrons. The van der Waals surface area contributed by atoms with Crippen molar-refractivity contribution in [3.63, 3.8) is 0 Å². The molecule has 1 aliphatic rings. The van der Waals surface area contributed by atoms with E-state index in [9.17, 15) is 23.1 Å². The number of alkyl halides is 3. The topological polar surface area (TPSA) is 75.1 Å². The fraction of sp³-hybridized carbons (Fsp3) is 0.500. The van der Waals surface area contributed by atoms with Crippen LogP contribution in [0.3, 0.4) is 0 Å². The highest BCUT2D eigenvalue weighted by Crippen LogP contribution is 2.34. The van der Waals surface area contributed by atoms with Crippen molar-refractivity contribution in [1.82, 2.24) is 9.97 Å². The van der Waals surface area contributed by atoms with Crippen LogP contribution in [-0.4, -0.2) is 33.0 Å². The Morgan fingerprint density at radius 3 is 2.50 bits per heavy atom. The third kappa shape index (κ3) is 5.16. The zero-order chi connectivity index (χ0) is 21.9. The van der Waals surface area contributed by atoms with Crippen LogP contribution < -0.4 is 5.32 Å². The molecule has 30 heavy (non-hydrogen) atoms. The molecule has 2 aromatic rings. The number of rotatable bonds is 4. The van der Waals surface area contributed by atoms with E-state index in [0.29, 0.717) is 31.0 Å². The molecule has 2 N–H and O–H groups in total. The first-order valence-corrected chi connectivity index (χ1v) is 10.1. The lowest BCUT2D eigenvalue weighted by Gasteiger charge is -2.37. The molecule has 8 heteroatoms. The van der Waals surface area contributed by atoms with Crippen LogP contribution in [0.4, 0.5) is 19.0 Å². The number of benzene rings is 1. The van der Waals surface area contributed by atoms with Gasteiger partial charge in [-0.1, -0.05) is 44.2 Å². The van der Waals surface area contributed by atoms with E-state index in [0.717, 1.165) is 0 Å². The van der Waals surface area contributed by atoms with E-state index >= 15 is 0 Å². The average molecular weight is 421 g/mol. The summed E-state index contributed by atoms with van der Waals surface area (Å²) in [6.07, 6.45) is -1.82. The van der Waals surface area contributed by atoms with Crippen molar-refractivity contribution in [2.75, 3.05) is 5.32 Å². The first kappa shape index (κ1) is 22.2. The number of nitrogens with one attached hydrogen (secondary N) is 1. The average Bonchev–Trinajstić information content (AvgIpc) is 2.72. The molecular formula is C22H26F3N3O2. The number of nitrogens with zero attached hydrogens (tertiary/aromatic N) is 2. The molecular weight excluding hydrogens is 395 g/mol. The third-order valence-electron chi connectivity index (χ3n) is 5.98. The van der Waals surface area contributed by atoms with E-state index in [1.54, 1.807) is 12.1 Å². The van der Waals surface area contributed by atoms with Gasteiger partial charge < -0.3 is 10.4 Å². The van der Waals surface area contributed by atoms with Gasteiger partial charge in [0.05, 0.1) is 18.5 Å². The smallest absolute Gasteiger partial charge is 0.393 e. The van der Waals surface area contributed by atoms with Crippen LogP contribution in [0.15, 0.2) is 42.7 Å². The van der Waals surface area contributed by atoms with E-state index in [4.69, 9.17) is 0 Å². The summed E-state index contributed by atoms with van der Waals surface area (Å²) in [7, 11) is 0. The summed E-state index contributed by atoms with van der Waals surface area (Å²) < 4.78 is 38.9. The Bertz CT molecular complexity index is 860. The van der Waals surface area contributed by atoms with Crippen molar-refractivity contribution in [2.45, 2.75) is 51.4 Å². The SMILES string of the molecule is CC1C[C@H](Nc2cncc(C(F)(F)F)n2)[C@@H](C)[C@@H](O)CCC1C(=O)c1ccccc1. The van der Waals surface area contributed by atoms with Gasteiger partial charge in [-0.15, -0.1) is 0 Å². The van der Waals surface area contributed by atoms with Crippen LogP contribution in [0.5, 0.6) is 0 Å². The van der Waals surface area contributed by atoms with Gasteiger partial charge in [0.2, 0.25) is 0 Å². The second kappa shape index (κ2) is 9.12. The molecule has 5 nitrogen and oxygen atoms in total. The lowest BCUT2D eigenvalue weighted by atomic mass is 9.73. The molecule has 1 heterocycles. The fourth-order valence-corrected chi connectivity index (χ4v) is 4.10. The van der Waals surface area contributed by atoms with Gasteiger partial charge in [0.1, 0.15) is 5.82 Å². The summed E-state index contributed by atoms with van der Waals surface area (Å²) in [5, 5.41) is 13.6. The van der Waals surface area contributed by atoms with E-state index in [2.05, 4.69) is 15.3 Å². The van der Waals surface area contributed by atoms with Crippen molar-refractivity contribution < 1.29 is 23.1 Å². The maximum atomic E-state index is 13.0. The van der Waals surface area contributed by atoms with Crippen molar-refractivity contribution in [2.24, 2.45) is 17.8 Å². The van der Waals surface area contributed by atoms with Crippen molar-refractivity contribution in [3.05, 3.63) is 54.0 Å². The largest absolute Gasteiger partial charge is 0.434 e. The number of hydrogen-bond acceptors (Lipinski definition) is 5. The van der Waals surface area contributed by atoms with E-state index in [1.807, 2.05) is 32.0 Å². The normalized spacial score (nSPS) is 27.7. The van der Waals surface area contributed by atoms with Gasteiger partial charge in [0.15, 0.2) is 11.5 Å². The first-order chi connectivity index (χ1) is 14.2. The Hall–Kier alpha value is -2.48. The van der Waals surface area contributed by atoms with Crippen molar-refractivity contribution in [3.8, 4) is 0 Å². The number of aromatic nitrogens is 2. The molecule has 1 fully saturated rings. The number of Topliss-reactive ketones (excluding diaryl/α,β-unsaturated/α-hetero) is 1. The molecule has 0 spiro atoms. The number of anilines is 1. The molecule has 0 aliphatic heterocycles.